The Bertz CT molecular complexity index is 1420. The molecule has 1 aliphatic carbocycles. The molecular formula is C29H20N2O. The van der Waals surface area contributed by atoms with Crippen molar-refractivity contribution in [2.45, 2.75) is 6.42 Å². The standard InChI is InChI=1S/C29H20N2O/c1-3-11-20(12-4-1)25-19-26(31-29(30-25)21-13-5-2-6-14-21)24-17-8-7-16-23-22-15-9-10-18-27(22)32-28(23)24/h1-7,9-19H,8H2. The molecule has 2 aromatic heterocycles. The summed E-state index contributed by atoms with van der Waals surface area (Å²) in [7, 11) is 0. The van der Waals surface area contributed by atoms with Crippen molar-refractivity contribution in [3.05, 3.63) is 120 Å². The average molecular weight is 412 g/mol. The highest BCUT2D eigenvalue weighted by Crippen LogP contribution is 2.37. The van der Waals surface area contributed by atoms with Gasteiger partial charge < -0.3 is 4.42 Å². The van der Waals surface area contributed by atoms with Crippen LogP contribution in [0.4, 0.5) is 0 Å². The summed E-state index contributed by atoms with van der Waals surface area (Å²) in [4.78, 5) is 9.90. The first-order valence-corrected chi connectivity index (χ1v) is 10.8. The van der Waals surface area contributed by atoms with Gasteiger partial charge in [-0.05, 0) is 18.6 Å². The Hall–Kier alpha value is -4.24. The summed E-state index contributed by atoms with van der Waals surface area (Å²) < 4.78 is 6.35. The van der Waals surface area contributed by atoms with E-state index in [4.69, 9.17) is 14.4 Å². The van der Waals surface area contributed by atoms with Gasteiger partial charge in [0.2, 0.25) is 0 Å². The van der Waals surface area contributed by atoms with Crippen LogP contribution < -0.4 is 0 Å². The summed E-state index contributed by atoms with van der Waals surface area (Å²) in [5.74, 6) is 1.56. The van der Waals surface area contributed by atoms with Crippen LogP contribution in [-0.2, 0) is 0 Å². The Balaban J connectivity index is 1.58. The number of hydrogen-bond acceptors (Lipinski definition) is 3. The third kappa shape index (κ3) is 3.25. The Kier molecular flexibility index (Phi) is 4.51. The number of aromatic nitrogens is 2. The van der Waals surface area contributed by atoms with Crippen molar-refractivity contribution in [3.63, 3.8) is 0 Å². The zero-order valence-electron chi connectivity index (χ0n) is 17.4. The van der Waals surface area contributed by atoms with Gasteiger partial charge >= 0.3 is 0 Å². The topological polar surface area (TPSA) is 38.9 Å². The van der Waals surface area contributed by atoms with Crippen LogP contribution in [0.15, 0.2) is 108 Å². The smallest absolute Gasteiger partial charge is 0.160 e. The lowest BCUT2D eigenvalue weighted by atomic mass is 10.0. The highest BCUT2D eigenvalue weighted by atomic mass is 16.3. The molecule has 0 fully saturated rings. The minimum atomic E-state index is 0.706. The van der Waals surface area contributed by atoms with E-state index in [1.54, 1.807) is 0 Å². The molecule has 3 aromatic carbocycles. The summed E-state index contributed by atoms with van der Waals surface area (Å²) >= 11 is 0. The van der Waals surface area contributed by atoms with Gasteiger partial charge in [0.15, 0.2) is 5.82 Å². The zero-order valence-corrected chi connectivity index (χ0v) is 17.4. The molecule has 6 rings (SSSR count). The molecule has 0 spiro atoms. The molecule has 0 aliphatic heterocycles. The second kappa shape index (κ2) is 7.78. The van der Waals surface area contributed by atoms with E-state index in [-0.39, 0.29) is 0 Å². The van der Waals surface area contributed by atoms with Crippen LogP contribution in [0.5, 0.6) is 0 Å². The molecule has 2 heterocycles. The van der Waals surface area contributed by atoms with Crippen molar-refractivity contribution in [1.82, 2.24) is 9.97 Å². The van der Waals surface area contributed by atoms with E-state index >= 15 is 0 Å². The molecule has 32 heavy (non-hydrogen) atoms. The first-order chi connectivity index (χ1) is 15.9. The monoisotopic (exact) mass is 412 g/mol. The number of allylic oxidation sites excluding steroid dienone is 2. The fourth-order valence-electron chi connectivity index (χ4n) is 4.17. The lowest BCUT2D eigenvalue weighted by Gasteiger charge is -2.11. The van der Waals surface area contributed by atoms with Gasteiger partial charge in [-0.15, -0.1) is 0 Å². The Morgan fingerprint density at radius 2 is 1.38 bits per heavy atom. The largest absolute Gasteiger partial charge is 0.455 e. The van der Waals surface area contributed by atoms with Crippen LogP contribution in [-0.4, -0.2) is 9.97 Å². The normalized spacial score (nSPS) is 12.9. The molecule has 152 valence electrons. The summed E-state index contributed by atoms with van der Waals surface area (Å²) in [6.07, 6.45) is 7.34. The maximum absolute atomic E-state index is 6.35. The van der Waals surface area contributed by atoms with Crippen molar-refractivity contribution in [1.29, 1.82) is 0 Å². The third-order valence-electron chi connectivity index (χ3n) is 5.72. The van der Waals surface area contributed by atoms with E-state index in [0.29, 0.717) is 5.82 Å². The van der Waals surface area contributed by atoms with Gasteiger partial charge in [-0.25, -0.2) is 9.97 Å². The van der Waals surface area contributed by atoms with Gasteiger partial charge in [0.25, 0.3) is 0 Å². The summed E-state index contributed by atoms with van der Waals surface area (Å²) in [6, 6.07) is 30.6. The van der Waals surface area contributed by atoms with E-state index in [1.165, 1.54) is 0 Å². The zero-order chi connectivity index (χ0) is 21.3. The molecule has 0 radical (unpaired) electrons. The summed E-state index contributed by atoms with van der Waals surface area (Å²) in [5, 5.41) is 1.12. The first-order valence-electron chi connectivity index (χ1n) is 10.8. The van der Waals surface area contributed by atoms with Crippen molar-refractivity contribution in [2.75, 3.05) is 0 Å². The number of rotatable bonds is 3. The van der Waals surface area contributed by atoms with Gasteiger partial charge in [-0.1, -0.05) is 97.1 Å². The molecule has 0 N–H and O–H groups in total. The Labute approximate surface area is 186 Å². The third-order valence-corrected chi connectivity index (χ3v) is 5.72. The number of nitrogens with zero attached hydrogens (tertiary/aromatic N) is 2. The van der Waals surface area contributed by atoms with Gasteiger partial charge in [0.1, 0.15) is 11.3 Å². The minimum absolute atomic E-state index is 0.706. The van der Waals surface area contributed by atoms with Crippen LogP contribution in [0.3, 0.4) is 0 Å². The molecule has 0 saturated carbocycles. The molecule has 3 heteroatoms. The van der Waals surface area contributed by atoms with Crippen molar-refractivity contribution in [3.8, 4) is 22.6 Å². The second-order valence-corrected chi connectivity index (χ2v) is 7.79. The number of benzene rings is 3. The molecular weight excluding hydrogens is 392 g/mol. The van der Waals surface area contributed by atoms with E-state index < -0.39 is 0 Å². The fraction of sp³-hybridized carbons (Fsp3) is 0.0345. The van der Waals surface area contributed by atoms with Crippen molar-refractivity contribution in [2.24, 2.45) is 0 Å². The average Bonchev–Trinajstić information content (AvgIpc) is 3.10. The summed E-state index contributed by atoms with van der Waals surface area (Å²) in [6.45, 7) is 0. The molecule has 0 amide bonds. The molecule has 5 aromatic rings. The van der Waals surface area contributed by atoms with Crippen LogP contribution in [0.1, 0.15) is 23.4 Å². The highest BCUT2D eigenvalue weighted by molar-refractivity contribution is 5.96. The van der Waals surface area contributed by atoms with E-state index in [0.717, 1.165) is 56.8 Å². The predicted octanol–water partition coefficient (Wildman–Crippen LogP) is 7.41. The maximum atomic E-state index is 6.35. The molecule has 1 aliphatic rings. The Morgan fingerprint density at radius 3 is 2.19 bits per heavy atom. The number of hydrogen-bond donors (Lipinski definition) is 0. The molecule has 0 saturated heterocycles. The van der Waals surface area contributed by atoms with Gasteiger partial charge in [0.05, 0.1) is 11.4 Å². The lowest BCUT2D eigenvalue weighted by Crippen LogP contribution is -1.99. The number of furan rings is 1. The van der Waals surface area contributed by atoms with Crippen LogP contribution in [0.2, 0.25) is 0 Å². The SMILES string of the molecule is C1=Cc2c(oc3ccccc23)C(c2cc(-c3ccccc3)nc(-c3ccccc3)n2)=CC1. The molecule has 0 atom stereocenters. The quantitative estimate of drug-likeness (QED) is 0.310. The van der Waals surface area contributed by atoms with Gasteiger partial charge in [-0.2, -0.15) is 0 Å². The molecule has 0 unspecified atom stereocenters. The number of fused-ring (bicyclic) bond motifs is 3. The van der Waals surface area contributed by atoms with Gasteiger partial charge in [-0.3, -0.25) is 0 Å². The Morgan fingerprint density at radius 1 is 0.688 bits per heavy atom. The first kappa shape index (κ1) is 18.5. The maximum Gasteiger partial charge on any atom is 0.160 e. The van der Waals surface area contributed by atoms with Gasteiger partial charge in [0, 0.05) is 27.6 Å². The highest BCUT2D eigenvalue weighted by Gasteiger charge is 2.21. The van der Waals surface area contributed by atoms with E-state index in [9.17, 15) is 0 Å². The fourth-order valence-corrected chi connectivity index (χ4v) is 4.17. The second-order valence-electron chi connectivity index (χ2n) is 7.79. The van der Waals surface area contributed by atoms with Crippen molar-refractivity contribution < 1.29 is 4.42 Å². The summed E-state index contributed by atoms with van der Waals surface area (Å²) in [5.41, 5.74) is 6.79. The molecule has 3 nitrogen and oxygen atoms in total. The lowest BCUT2D eigenvalue weighted by molar-refractivity contribution is 0.599. The predicted molar refractivity (Wildman–Crippen MR) is 130 cm³/mol. The van der Waals surface area contributed by atoms with E-state index in [2.05, 4.69) is 42.5 Å². The van der Waals surface area contributed by atoms with Crippen molar-refractivity contribution >= 4 is 22.6 Å². The van der Waals surface area contributed by atoms with Crippen LogP contribution >= 0.6 is 0 Å². The van der Waals surface area contributed by atoms with E-state index in [1.807, 2.05) is 66.7 Å². The van der Waals surface area contributed by atoms with Crippen LogP contribution in [0, 0.1) is 0 Å². The minimum Gasteiger partial charge on any atom is -0.455 e. The number of para-hydroxylation sites is 1. The molecule has 0 bridgehead atoms. The van der Waals surface area contributed by atoms with Crippen LogP contribution in [0.25, 0.3) is 45.3 Å².